The van der Waals surface area contributed by atoms with Crippen molar-refractivity contribution >= 4 is 23.2 Å². The summed E-state index contributed by atoms with van der Waals surface area (Å²) in [4.78, 5) is 8.97. The van der Waals surface area contributed by atoms with Gasteiger partial charge in [-0.2, -0.15) is 0 Å². The lowest BCUT2D eigenvalue weighted by molar-refractivity contribution is 0.482. The third-order valence-corrected chi connectivity index (χ3v) is 3.14. The number of nitrogens with two attached hydrogens (primary N) is 1. The third-order valence-electron chi connectivity index (χ3n) is 2.94. The highest BCUT2D eigenvalue weighted by Gasteiger charge is 2.10. The van der Waals surface area contributed by atoms with E-state index in [-0.39, 0.29) is 0 Å². The molecule has 0 saturated carbocycles. The van der Waals surface area contributed by atoms with Gasteiger partial charge in [-0.1, -0.05) is 32.5 Å². The van der Waals surface area contributed by atoms with Gasteiger partial charge in [-0.3, -0.25) is 0 Å². The monoisotopic (exact) mass is 266 g/mol. The minimum absolute atomic E-state index is 0.304. The molecule has 0 aliphatic rings. The predicted octanol–water partition coefficient (Wildman–Crippen LogP) is 2.66. The fraction of sp³-hybridized carbons (Fsp3) is 0.615. The lowest BCUT2D eigenvalue weighted by Crippen LogP contribution is -2.21. The Kier molecular flexibility index (Phi) is 5.47. The van der Waals surface area contributed by atoms with Crippen molar-refractivity contribution in [2.75, 3.05) is 5.32 Å². The normalized spacial score (nSPS) is 14.0. The third kappa shape index (κ3) is 4.56. The molecule has 0 radical (unpaired) electrons. The minimum Gasteiger partial charge on any atom is -0.388 e. The Labute approximate surface area is 114 Å². The van der Waals surface area contributed by atoms with E-state index in [0.717, 1.165) is 12.1 Å². The summed E-state index contributed by atoms with van der Waals surface area (Å²) >= 11 is 4.94. The van der Waals surface area contributed by atoms with Crippen molar-refractivity contribution in [3.05, 3.63) is 17.5 Å². The van der Waals surface area contributed by atoms with E-state index in [1.165, 1.54) is 6.42 Å². The standard InChI is InChI=1S/C13H22N4S/c1-5-8(2)6-9(3)15-13-16-10(4)7-11(17-13)12(14)18/h7-9H,5-6H2,1-4H3,(H2,14,18)(H,15,16,17). The summed E-state index contributed by atoms with van der Waals surface area (Å²) in [6, 6.07) is 2.13. The molecule has 5 heteroatoms. The first-order valence-electron chi connectivity index (χ1n) is 6.34. The van der Waals surface area contributed by atoms with Crippen molar-refractivity contribution in [3.8, 4) is 0 Å². The molecule has 4 nitrogen and oxygen atoms in total. The van der Waals surface area contributed by atoms with Crippen LogP contribution in [0.5, 0.6) is 0 Å². The van der Waals surface area contributed by atoms with Crippen molar-refractivity contribution in [2.24, 2.45) is 11.7 Å². The van der Waals surface area contributed by atoms with Gasteiger partial charge in [0, 0.05) is 11.7 Å². The molecular formula is C13H22N4S. The summed E-state index contributed by atoms with van der Waals surface area (Å²) in [6.45, 7) is 8.49. The lowest BCUT2D eigenvalue weighted by atomic mass is 10.0. The molecule has 0 fully saturated rings. The van der Waals surface area contributed by atoms with E-state index in [9.17, 15) is 0 Å². The van der Waals surface area contributed by atoms with Crippen molar-refractivity contribution in [1.29, 1.82) is 0 Å². The fourth-order valence-electron chi connectivity index (χ4n) is 1.81. The van der Waals surface area contributed by atoms with Crippen LogP contribution in [0.3, 0.4) is 0 Å². The molecule has 18 heavy (non-hydrogen) atoms. The molecule has 1 rings (SSSR count). The van der Waals surface area contributed by atoms with E-state index in [0.29, 0.717) is 28.6 Å². The Bertz CT molecular complexity index is 419. The quantitative estimate of drug-likeness (QED) is 0.775. The molecule has 2 atom stereocenters. The molecule has 1 heterocycles. The van der Waals surface area contributed by atoms with Gasteiger partial charge in [0.05, 0.1) is 0 Å². The van der Waals surface area contributed by atoms with Gasteiger partial charge in [-0.25, -0.2) is 9.97 Å². The average molecular weight is 266 g/mol. The molecule has 1 aromatic heterocycles. The number of hydrogen-bond acceptors (Lipinski definition) is 4. The number of hydrogen-bond donors (Lipinski definition) is 2. The molecular weight excluding hydrogens is 244 g/mol. The van der Waals surface area contributed by atoms with E-state index < -0.39 is 0 Å². The molecule has 0 aliphatic carbocycles. The van der Waals surface area contributed by atoms with Crippen LogP contribution in [0.15, 0.2) is 6.07 Å². The summed E-state index contributed by atoms with van der Waals surface area (Å²) in [5, 5.41) is 3.31. The summed E-state index contributed by atoms with van der Waals surface area (Å²) in [7, 11) is 0. The van der Waals surface area contributed by atoms with Crippen LogP contribution in [0.2, 0.25) is 0 Å². The molecule has 0 spiro atoms. The number of aromatic nitrogens is 2. The van der Waals surface area contributed by atoms with Crippen LogP contribution in [0.1, 0.15) is 45.0 Å². The van der Waals surface area contributed by atoms with Crippen LogP contribution in [0.4, 0.5) is 5.95 Å². The van der Waals surface area contributed by atoms with Crippen molar-refractivity contribution in [2.45, 2.75) is 46.6 Å². The molecule has 0 aromatic carbocycles. The second-order valence-electron chi connectivity index (χ2n) is 4.88. The highest BCUT2D eigenvalue weighted by Crippen LogP contribution is 2.13. The molecule has 1 aromatic rings. The fourth-order valence-corrected chi connectivity index (χ4v) is 1.91. The van der Waals surface area contributed by atoms with Gasteiger partial charge < -0.3 is 11.1 Å². The van der Waals surface area contributed by atoms with Crippen molar-refractivity contribution in [3.63, 3.8) is 0 Å². The van der Waals surface area contributed by atoms with Gasteiger partial charge in [0.25, 0.3) is 0 Å². The van der Waals surface area contributed by atoms with E-state index in [1.54, 1.807) is 6.07 Å². The van der Waals surface area contributed by atoms with Crippen molar-refractivity contribution in [1.82, 2.24) is 9.97 Å². The maximum absolute atomic E-state index is 5.60. The minimum atomic E-state index is 0.304. The SMILES string of the molecule is CCC(C)CC(C)Nc1nc(C)cc(C(N)=S)n1. The predicted molar refractivity (Wildman–Crippen MR) is 79.8 cm³/mol. The highest BCUT2D eigenvalue weighted by atomic mass is 32.1. The number of rotatable bonds is 6. The summed E-state index contributed by atoms with van der Waals surface area (Å²) in [5.74, 6) is 1.29. The molecule has 0 saturated heterocycles. The average Bonchev–Trinajstić information content (AvgIpc) is 2.27. The Balaban J connectivity index is 2.75. The van der Waals surface area contributed by atoms with Gasteiger partial charge in [-0.15, -0.1) is 0 Å². The van der Waals surface area contributed by atoms with Gasteiger partial charge in [0.2, 0.25) is 5.95 Å². The maximum atomic E-state index is 5.60. The van der Waals surface area contributed by atoms with Crippen LogP contribution < -0.4 is 11.1 Å². The van der Waals surface area contributed by atoms with E-state index >= 15 is 0 Å². The van der Waals surface area contributed by atoms with Crippen LogP contribution in [0, 0.1) is 12.8 Å². The Morgan fingerprint density at radius 3 is 2.67 bits per heavy atom. The zero-order valence-corrected chi connectivity index (χ0v) is 12.3. The summed E-state index contributed by atoms with van der Waals surface area (Å²) < 4.78 is 0. The van der Waals surface area contributed by atoms with Crippen LogP contribution in [-0.4, -0.2) is 21.0 Å². The molecule has 0 bridgehead atoms. The molecule has 3 N–H and O–H groups in total. The number of aryl methyl sites for hydroxylation is 1. The van der Waals surface area contributed by atoms with Crippen LogP contribution in [0.25, 0.3) is 0 Å². The zero-order chi connectivity index (χ0) is 13.7. The summed E-state index contributed by atoms with van der Waals surface area (Å²) in [5.41, 5.74) is 7.09. The Morgan fingerprint density at radius 1 is 1.44 bits per heavy atom. The largest absolute Gasteiger partial charge is 0.388 e. The molecule has 0 amide bonds. The van der Waals surface area contributed by atoms with Crippen LogP contribution in [-0.2, 0) is 0 Å². The van der Waals surface area contributed by atoms with Gasteiger partial charge >= 0.3 is 0 Å². The Morgan fingerprint density at radius 2 is 2.11 bits per heavy atom. The van der Waals surface area contributed by atoms with E-state index in [1.807, 2.05) is 6.92 Å². The number of thiocarbonyl (C=S) groups is 1. The first-order valence-corrected chi connectivity index (χ1v) is 6.75. The second kappa shape index (κ2) is 6.64. The topological polar surface area (TPSA) is 63.8 Å². The van der Waals surface area contributed by atoms with Gasteiger partial charge in [0.1, 0.15) is 10.7 Å². The molecule has 0 aliphatic heterocycles. The first kappa shape index (κ1) is 14.8. The summed E-state index contributed by atoms with van der Waals surface area (Å²) in [6.07, 6.45) is 2.27. The number of anilines is 1. The maximum Gasteiger partial charge on any atom is 0.223 e. The number of nitrogens with zero attached hydrogens (tertiary/aromatic N) is 2. The molecule has 2 unspecified atom stereocenters. The van der Waals surface area contributed by atoms with E-state index in [2.05, 4.69) is 36.1 Å². The second-order valence-corrected chi connectivity index (χ2v) is 5.32. The van der Waals surface area contributed by atoms with Gasteiger partial charge in [0.15, 0.2) is 0 Å². The Hall–Kier alpha value is -1.23. The zero-order valence-electron chi connectivity index (χ0n) is 11.5. The van der Waals surface area contributed by atoms with Gasteiger partial charge in [-0.05, 0) is 32.3 Å². The smallest absolute Gasteiger partial charge is 0.223 e. The molecule has 100 valence electrons. The van der Waals surface area contributed by atoms with Crippen LogP contribution >= 0.6 is 12.2 Å². The first-order chi connectivity index (χ1) is 8.42. The van der Waals surface area contributed by atoms with E-state index in [4.69, 9.17) is 18.0 Å². The lowest BCUT2D eigenvalue weighted by Gasteiger charge is -2.18. The number of nitrogens with one attached hydrogen (secondary N) is 1. The van der Waals surface area contributed by atoms with Crippen molar-refractivity contribution < 1.29 is 0 Å². The highest BCUT2D eigenvalue weighted by molar-refractivity contribution is 7.80.